The van der Waals surface area contributed by atoms with Crippen molar-refractivity contribution in [2.24, 2.45) is 5.92 Å². The van der Waals surface area contributed by atoms with Crippen LogP contribution in [0.15, 0.2) is 24.3 Å². The van der Waals surface area contributed by atoms with Crippen molar-refractivity contribution >= 4 is 28.5 Å². The average molecular weight is 358 g/mol. The molecule has 2 rings (SSSR count). The van der Waals surface area contributed by atoms with Crippen LogP contribution in [0.3, 0.4) is 0 Å². The summed E-state index contributed by atoms with van der Waals surface area (Å²) in [6.07, 6.45) is 2.59. The van der Waals surface area contributed by atoms with Gasteiger partial charge in [0, 0.05) is 16.2 Å². The Bertz CT molecular complexity index is 428. The molecule has 0 spiro atoms. The molecule has 1 aliphatic rings. The normalized spacial score (nSPS) is 16.7. The topological polar surface area (TPSA) is 32.3 Å². The van der Waals surface area contributed by atoms with E-state index in [1.165, 1.54) is 12.8 Å². The van der Waals surface area contributed by atoms with Crippen LogP contribution < -0.4 is 5.32 Å². The summed E-state index contributed by atoms with van der Waals surface area (Å²) >= 11 is 2.20. The molecule has 18 heavy (non-hydrogen) atoms. The SMILES string of the molecule is CN(C)[C@H](CNC(=O)c1ccccc1I)C1CC1. The van der Waals surface area contributed by atoms with Crippen molar-refractivity contribution in [2.75, 3.05) is 20.6 Å². The highest BCUT2D eigenvalue weighted by atomic mass is 127. The molecular weight excluding hydrogens is 339 g/mol. The van der Waals surface area contributed by atoms with Gasteiger partial charge in [0.05, 0.1) is 5.56 Å². The molecule has 0 unspecified atom stereocenters. The van der Waals surface area contributed by atoms with E-state index in [1.807, 2.05) is 24.3 Å². The van der Waals surface area contributed by atoms with Gasteiger partial charge in [0.15, 0.2) is 0 Å². The first kappa shape index (κ1) is 13.8. The third kappa shape index (κ3) is 3.45. The van der Waals surface area contributed by atoms with Crippen LogP contribution in [-0.2, 0) is 0 Å². The minimum absolute atomic E-state index is 0.0347. The Morgan fingerprint density at radius 1 is 1.44 bits per heavy atom. The van der Waals surface area contributed by atoms with Crippen LogP contribution in [-0.4, -0.2) is 37.5 Å². The molecule has 98 valence electrons. The maximum absolute atomic E-state index is 12.1. The van der Waals surface area contributed by atoms with Crippen LogP contribution in [0.1, 0.15) is 23.2 Å². The van der Waals surface area contributed by atoms with E-state index >= 15 is 0 Å². The van der Waals surface area contributed by atoms with Crippen LogP contribution in [0.25, 0.3) is 0 Å². The first-order valence-corrected chi connectivity index (χ1v) is 7.36. The second-order valence-electron chi connectivity index (χ2n) is 5.06. The van der Waals surface area contributed by atoms with Crippen molar-refractivity contribution in [2.45, 2.75) is 18.9 Å². The number of amides is 1. The van der Waals surface area contributed by atoms with E-state index in [0.717, 1.165) is 21.6 Å². The molecule has 1 saturated carbocycles. The Hall–Kier alpha value is -0.620. The van der Waals surface area contributed by atoms with E-state index in [4.69, 9.17) is 0 Å². The Kier molecular flexibility index (Phi) is 4.61. The Morgan fingerprint density at radius 2 is 2.11 bits per heavy atom. The van der Waals surface area contributed by atoms with Gasteiger partial charge in [-0.2, -0.15) is 0 Å². The smallest absolute Gasteiger partial charge is 0.252 e. The summed E-state index contributed by atoms with van der Waals surface area (Å²) in [7, 11) is 4.17. The number of carbonyl (C=O) groups is 1. The van der Waals surface area contributed by atoms with Crippen LogP contribution in [0.5, 0.6) is 0 Å². The van der Waals surface area contributed by atoms with Crippen LogP contribution >= 0.6 is 22.6 Å². The molecule has 1 aromatic rings. The van der Waals surface area contributed by atoms with Crippen molar-refractivity contribution < 1.29 is 4.79 Å². The van der Waals surface area contributed by atoms with Crippen molar-refractivity contribution in [1.29, 1.82) is 0 Å². The van der Waals surface area contributed by atoms with Gasteiger partial charge in [-0.05, 0) is 67.6 Å². The Balaban J connectivity index is 1.93. The third-order valence-electron chi connectivity index (χ3n) is 3.42. The molecule has 0 radical (unpaired) electrons. The molecule has 0 aromatic heterocycles. The van der Waals surface area contributed by atoms with E-state index in [1.54, 1.807) is 0 Å². The van der Waals surface area contributed by atoms with Crippen molar-refractivity contribution in [1.82, 2.24) is 10.2 Å². The number of rotatable bonds is 5. The van der Waals surface area contributed by atoms with E-state index in [2.05, 4.69) is 46.9 Å². The zero-order valence-electron chi connectivity index (χ0n) is 10.8. The van der Waals surface area contributed by atoms with Crippen LogP contribution in [0.2, 0.25) is 0 Å². The molecule has 0 aliphatic heterocycles. The van der Waals surface area contributed by atoms with Crippen LogP contribution in [0.4, 0.5) is 0 Å². The lowest BCUT2D eigenvalue weighted by molar-refractivity contribution is 0.0938. The number of carbonyl (C=O) groups excluding carboxylic acids is 1. The van der Waals surface area contributed by atoms with Gasteiger partial charge in [-0.25, -0.2) is 0 Å². The Morgan fingerprint density at radius 3 is 2.67 bits per heavy atom. The molecule has 0 bridgehead atoms. The molecule has 1 N–H and O–H groups in total. The molecule has 1 atom stereocenters. The lowest BCUT2D eigenvalue weighted by Gasteiger charge is -2.24. The average Bonchev–Trinajstić information content (AvgIpc) is 3.13. The molecule has 1 aromatic carbocycles. The quantitative estimate of drug-likeness (QED) is 0.820. The molecule has 0 saturated heterocycles. The molecule has 1 fully saturated rings. The van der Waals surface area contributed by atoms with E-state index in [-0.39, 0.29) is 5.91 Å². The molecule has 3 nitrogen and oxygen atoms in total. The number of nitrogens with one attached hydrogen (secondary N) is 1. The van der Waals surface area contributed by atoms with Gasteiger partial charge >= 0.3 is 0 Å². The zero-order chi connectivity index (χ0) is 13.1. The summed E-state index contributed by atoms with van der Waals surface area (Å²) in [5, 5.41) is 3.06. The monoisotopic (exact) mass is 358 g/mol. The van der Waals surface area contributed by atoms with Crippen molar-refractivity contribution in [3.8, 4) is 0 Å². The number of likely N-dealkylation sites (N-methyl/N-ethyl adjacent to an activating group) is 1. The van der Waals surface area contributed by atoms with Gasteiger partial charge < -0.3 is 10.2 Å². The first-order valence-electron chi connectivity index (χ1n) is 6.28. The highest BCUT2D eigenvalue weighted by molar-refractivity contribution is 14.1. The van der Waals surface area contributed by atoms with Crippen molar-refractivity contribution in [3.05, 3.63) is 33.4 Å². The van der Waals surface area contributed by atoms with Crippen LogP contribution in [0, 0.1) is 9.49 Å². The summed E-state index contributed by atoms with van der Waals surface area (Å²) < 4.78 is 1.00. The fourth-order valence-corrected chi connectivity index (χ4v) is 2.82. The second-order valence-corrected chi connectivity index (χ2v) is 6.22. The standard InChI is InChI=1S/C14H19IN2O/c1-17(2)13(10-7-8-10)9-16-14(18)11-5-3-4-6-12(11)15/h3-6,10,13H,7-9H2,1-2H3,(H,16,18)/t13-/m1/s1. The predicted molar refractivity (Wildman–Crippen MR) is 81.7 cm³/mol. The summed E-state index contributed by atoms with van der Waals surface area (Å²) in [6.45, 7) is 0.738. The number of benzene rings is 1. The predicted octanol–water partition coefficient (Wildman–Crippen LogP) is 2.36. The molecule has 1 aliphatic carbocycles. The lowest BCUT2D eigenvalue weighted by atomic mass is 10.1. The maximum atomic E-state index is 12.1. The second kappa shape index (κ2) is 6.02. The van der Waals surface area contributed by atoms with Gasteiger partial charge in [0.1, 0.15) is 0 Å². The minimum atomic E-state index is 0.0347. The zero-order valence-corrected chi connectivity index (χ0v) is 13.0. The molecule has 1 amide bonds. The molecule has 0 heterocycles. The fourth-order valence-electron chi connectivity index (χ4n) is 2.19. The van der Waals surface area contributed by atoms with E-state index in [0.29, 0.717) is 6.04 Å². The number of nitrogens with zero attached hydrogens (tertiary/aromatic N) is 1. The van der Waals surface area contributed by atoms with E-state index < -0.39 is 0 Å². The largest absolute Gasteiger partial charge is 0.350 e. The summed E-state index contributed by atoms with van der Waals surface area (Å²) in [5.74, 6) is 0.794. The van der Waals surface area contributed by atoms with Gasteiger partial charge in [-0.15, -0.1) is 0 Å². The highest BCUT2D eigenvalue weighted by Gasteiger charge is 2.32. The summed E-state index contributed by atoms with van der Waals surface area (Å²) in [6, 6.07) is 8.15. The summed E-state index contributed by atoms with van der Waals surface area (Å²) in [5.41, 5.74) is 0.770. The number of halogens is 1. The number of hydrogen-bond donors (Lipinski definition) is 1. The lowest BCUT2D eigenvalue weighted by Crippen LogP contribution is -2.41. The highest BCUT2D eigenvalue weighted by Crippen LogP contribution is 2.34. The van der Waals surface area contributed by atoms with Gasteiger partial charge in [0.2, 0.25) is 0 Å². The molecule has 4 heteroatoms. The first-order chi connectivity index (χ1) is 8.59. The van der Waals surface area contributed by atoms with Gasteiger partial charge in [-0.1, -0.05) is 12.1 Å². The molecular formula is C14H19IN2O. The van der Waals surface area contributed by atoms with Gasteiger partial charge in [0.25, 0.3) is 5.91 Å². The third-order valence-corrected chi connectivity index (χ3v) is 4.36. The summed E-state index contributed by atoms with van der Waals surface area (Å²) in [4.78, 5) is 14.3. The minimum Gasteiger partial charge on any atom is -0.350 e. The fraction of sp³-hybridized carbons (Fsp3) is 0.500. The Labute approximate surface area is 122 Å². The number of hydrogen-bond acceptors (Lipinski definition) is 2. The van der Waals surface area contributed by atoms with E-state index in [9.17, 15) is 4.79 Å². The van der Waals surface area contributed by atoms with Gasteiger partial charge in [-0.3, -0.25) is 4.79 Å². The maximum Gasteiger partial charge on any atom is 0.252 e. The van der Waals surface area contributed by atoms with Crippen molar-refractivity contribution in [3.63, 3.8) is 0 Å².